The maximum Gasteiger partial charge on any atom is 0.310 e. The molecule has 0 radical (unpaired) electrons. The van der Waals surface area contributed by atoms with Gasteiger partial charge < -0.3 is 5.32 Å². The number of nitrogens with one attached hydrogen (secondary N) is 1. The van der Waals surface area contributed by atoms with Crippen molar-refractivity contribution in [3.63, 3.8) is 0 Å². The molecule has 0 saturated carbocycles. The zero-order valence-corrected chi connectivity index (χ0v) is 13.4. The van der Waals surface area contributed by atoms with Crippen LogP contribution in [0.15, 0.2) is 23.1 Å². The monoisotopic (exact) mass is 330 g/mol. The summed E-state index contributed by atoms with van der Waals surface area (Å²) in [5.74, 6) is 1.11. The van der Waals surface area contributed by atoms with E-state index in [2.05, 4.69) is 5.32 Å². The zero-order valence-electron chi connectivity index (χ0n) is 11.7. The van der Waals surface area contributed by atoms with Gasteiger partial charge in [0.15, 0.2) is 9.84 Å². The molecule has 21 heavy (non-hydrogen) atoms. The van der Waals surface area contributed by atoms with Crippen molar-refractivity contribution >= 4 is 33.0 Å². The molecule has 6 nitrogen and oxygen atoms in total. The highest BCUT2D eigenvalue weighted by atomic mass is 32.2. The summed E-state index contributed by atoms with van der Waals surface area (Å²) < 4.78 is 23.4. The second kappa shape index (κ2) is 6.65. The van der Waals surface area contributed by atoms with Crippen LogP contribution < -0.4 is 5.32 Å². The summed E-state index contributed by atoms with van der Waals surface area (Å²) in [6, 6.07) is 4.36. The van der Waals surface area contributed by atoms with Gasteiger partial charge in [-0.3, -0.25) is 10.1 Å². The lowest BCUT2D eigenvalue weighted by molar-refractivity contribution is -0.386. The summed E-state index contributed by atoms with van der Waals surface area (Å²) in [5, 5.41) is 14.7. The SMILES string of the molecule is CS(=O)(=O)c1cccc(NCC2CCCCS2)c1[N+](=O)[O-]. The van der Waals surface area contributed by atoms with E-state index in [-0.39, 0.29) is 16.3 Å². The molecule has 0 aliphatic carbocycles. The highest BCUT2D eigenvalue weighted by molar-refractivity contribution is 8.00. The first-order chi connectivity index (χ1) is 9.89. The predicted molar refractivity (Wildman–Crippen MR) is 84.8 cm³/mol. The van der Waals surface area contributed by atoms with E-state index >= 15 is 0 Å². The number of nitro benzene ring substituents is 1. The number of hydrogen-bond acceptors (Lipinski definition) is 6. The second-order valence-electron chi connectivity index (χ2n) is 5.05. The van der Waals surface area contributed by atoms with Crippen LogP contribution in [0.2, 0.25) is 0 Å². The standard InChI is InChI=1S/C13H18N2O4S2/c1-21(18,19)12-7-4-6-11(13(12)15(16)17)14-9-10-5-2-3-8-20-10/h4,6-7,10,14H,2-3,5,8-9H2,1H3. The molecule has 1 fully saturated rings. The lowest BCUT2D eigenvalue weighted by atomic mass is 10.2. The van der Waals surface area contributed by atoms with Gasteiger partial charge in [-0.05, 0) is 30.7 Å². The summed E-state index contributed by atoms with van der Waals surface area (Å²) in [6.07, 6.45) is 4.45. The molecular weight excluding hydrogens is 312 g/mol. The van der Waals surface area contributed by atoms with Crippen LogP contribution in [0.1, 0.15) is 19.3 Å². The van der Waals surface area contributed by atoms with Gasteiger partial charge in [0.25, 0.3) is 0 Å². The van der Waals surface area contributed by atoms with Crippen molar-refractivity contribution in [1.82, 2.24) is 0 Å². The van der Waals surface area contributed by atoms with E-state index in [1.54, 1.807) is 6.07 Å². The van der Waals surface area contributed by atoms with E-state index < -0.39 is 14.8 Å². The van der Waals surface area contributed by atoms with Crippen LogP contribution in [0.25, 0.3) is 0 Å². The van der Waals surface area contributed by atoms with Gasteiger partial charge in [0, 0.05) is 18.1 Å². The molecule has 1 atom stereocenters. The Balaban J connectivity index is 2.24. The number of nitro groups is 1. The van der Waals surface area contributed by atoms with Crippen LogP contribution >= 0.6 is 11.8 Å². The van der Waals surface area contributed by atoms with E-state index in [9.17, 15) is 18.5 Å². The second-order valence-corrected chi connectivity index (χ2v) is 8.44. The number of rotatable bonds is 5. The quantitative estimate of drug-likeness (QED) is 0.659. The molecule has 116 valence electrons. The van der Waals surface area contributed by atoms with E-state index in [4.69, 9.17) is 0 Å². The topological polar surface area (TPSA) is 89.3 Å². The fourth-order valence-corrected chi connectivity index (χ4v) is 4.44. The van der Waals surface area contributed by atoms with Crippen molar-refractivity contribution in [1.29, 1.82) is 0 Å². The van der Waals surface area contributed by atoms with Crippen molar-refractivity contribution in [2.24, 2.45) is 0 Å². The number of hydrogen-bond donors (Lipinski definition) is 1. The Hall–Kier alpha value is -1.28. The number of para-hydroxylation sites is 1. The summed E-state index contributed by atoms with van der Waals surface area (Å²) in [4.78, 5) is 10.4. The number of nitrogens with zero attached hydrogens (tertiary/aromatic N) is 1. The van der Waals surface area contributed by atoms with Crippen molar-refractivity contribution in [3.05, 3.63) is 28.3 Å². The molecular formula is C13H18N2O4S2. The largest absolute Gasteiger partial charge is 0.378 e. The van der Waals surface area contributed by atoms with Gasteiger partial charge >= 0.3 is 5.69 Å². The molecule has 1 saturated heterocycles. The minimum absolute atomic E-state index is 0.242. The van der Waals surface area contributed by atoms with E-state index in [1.165, 1.54) is 25.0 Å². The van der Waals surface area contributed by atoms with Gasteiger partial charge in [0.05, 0.1) is 4.92 Å². The highest BCUT2D eigenvalue weighted by Gasteiger charge is 2.26. The molecule has 1 aliphatic heterocycles. The molecule has 1 heterocycles. The zero-order chi connectivity index (χ0) is 15.5. The molecule has 1 N–H and O–H groups in total. The van der Waals surface area contributed by atoms with Crippen molar-refractivity contribution in [3.8, 4) is 0 Å². The van der Waals surface area contributed by atoms with Gasteiger partial charge in [-0.25, -0.2) is 8.42 Å². The average Bonchev–Trinajstić information content (AvgIpc) is 2.44. The molecule has 8 heteroatoms. The Labute approximate surface area is 128 Å². The van der Waals surface area contributed by atoms with Gasteiger partial charge in [0.2, 0.25) is 0 Å². The van der Waals surface area contributed by atoms with Crippen LogP contribution in [0.4, 0.5) is 11.4 Å². The molecule has 0 amide bonds. The van der Waals surface area contributed by atoms with E-state index in [0.29, 0.717) is 11.8 Å². The maximum absolute atomic E-state index is 11.7. The Morgan fingerprint density at radius 1 is 1.43 bits per heavy atom. The first-order valence-electron chi connectivity index (χ1n) is 6.72. The van der Waals surface area contributed by atoms with Crippen molar-refractivity contribution < 1.29 is 13.3 Å². The Bertz CT molecular complexity index is 625. The molecule has 0 spiro atoms. The van der Waals surface area contributed by atoms with Crippen LogP contribution in [0.3, 0.4) is 0 Å². The van der Waals surface area contributed by atoms with Crippen LogP contribution in [-0.4, -0.2) is 37.1 Å². The minimum Gasteiger partial charge on any atom is -0.378 e. The molecule has 2 rings (SSSR count). The summed E-state index contributed by atoms with van der Waals surface area (Å²) in [5.41, 5.74) is -0.0880. The lowest BCUT2D eigenvalue weighted by Crippen LogP contribution is -2.20. The predicted octanol–water partition coefficient (Wildman–Crippen LogP) is 2.70. The van der Waals surface area contributed by atoms with Gasteiger partial charge in [-0.15, -0.1) is 0 Å². The van der Waals surface area contributed by atoms with Gasteiger partial charge in [-0.1, -0.05) is 12.5 Å². The number of thioether (sulfide) groups is 1. The maximum atomic E-state index is 11.7. The summed E-state index contributed by atoms with van der Waals surface area (Å²) >= 11 is 1.86. The molecule has 1 aromatic rings. The van der Waals surface area contributed by atoms with Crippen LogP contribution in [-0.2, 0) is 9.84 Å². The third kappa shape index (κ3) is 4.10. The van der Waals surface area contributed by atoms with Crippen LogP contribution in [0.5, 0.6) is 0 Å². The van der Waals surface area contributed by atoms with Gasteiger partial charge in [-0.2, -0.15) is 11.8 Å². The molecule has 1 aliphatic rings. The molecule has 1 unspecified atom stereocenters. The van der Waals surface area contributed by atoms with E-state index in [1.807, 2.05) is 11.8 Å². The Morgan fingerprint density at radius 2 is 2.19 bits per heavy atom. The lowest BCUT2D eigenvalue weighted by Gasteiger charge is -2.22. The van der Waals surface area contributed by atoms with Gasteiger partial charge in [0.1, 0.15) is 10.6 Å². The Kier molecular flexibility index (Phi) is 5.10. The van der Waals surface area contributed by atoms with Crippen molar-refractivity contribution in [2.45, 2.75) is 29.4 Å². The average molecular weight is 330 g/mol. The first kappa shape index (κ1) is 16.1. The minimum atomic E-state index is -3.63. The number of anilines is 1. The third-order valence-electron chi connectivity index (χ3n) is 3.38. The fourth-order valence-electron chi connectivity index (χ4n) is 2.34. The normalized spacial score (nSPS) is 19.2. The third-order valence-corrected chi connectivity index (χ3v) is 5.90. The summed E-state index contributed by atoms with van der Waals surface area (Å²) in [7, 11) is -3.63. The van der Waals surface area contributed by atoms with Crippen LogP contribution in [0, 0.1) is 10.1 Å². The van der Waals surface area contributed by atoms with Crippen molar-refractivity contribution in [2.75, 3.05) is 23.9 Å². The fraction of sp³-hybridized carbons (Fsp3) is 0.538. The molecule has 0 bridgehead atoms. The first-order valence-corrected chi connectivity index (χ1v) is 9.66. The number of sulfone groups is 1. The summed E-state index contributed by atoms with van der Waals surface area (Å²) in [6.45, 7) is 0.610. The highest BCUT2D eigenvalue weighted by Crippen LogP contribution is 2.33. The van der Waals surface area contributed by atoms with E-state index in [0.717, 1.165) is 18.4 Å². The smallest absolute Gasteiger partial charge is 0.310 e. The molecule has 1 aromatic carbocycles. The Morgan fingerprint density at radius 3 is 2.76 bits per heavy atom. The number of benzene rings is 1. The molecule has 0 aromatic heterocycles.